The summed E-state index contributed by atoms with van der Waals surface area (Å²) in [6.45, 7) is 4.03. The zero-order valence-corrected chi connectivity index (χ0v) is 28.5. The number of ether oxygens (including phenoxy) is 3. The molecule has 3 rings (SSSR count). The van der Waals surface area contributed by atoms with Gasteiger partial charge in [-0.1, -0.05) is 84.0 Å². The zero-order valence-electron chi connectivity index (χ0n) is 28.5. The summed E-state index contributed by atoms with van der Waals surface area (Å²) in [5.74, 6) is -0.237. The molecule has 8 nitrogen and oxygen atoms in total. The van der Waals surface area contributed by atoms with Crippen LogP contribution in [0, 0.1) is 0 Å². The molecule has 0 radical (unpaired) electrons. The molecule has 0 aliphatic carbocycles. The first-order chi connectivity index (χ1) is 21.8. The summed E-state index contributed by atoms with van der Waals surface area (Å²) in [4.78, 5) is 11.7. The second-order valence-electron chi connectivity index (χ2n) is 14.2. The maximum absolute atomic E-state index is 11.7. The lowest BCUT2D eigenvalue weighted by molar-refractivity contribution is -0.139. The largest absolute Gasteiger partial charge is 0.455 e. The van der Waals surface area contributed by atoms with Crippen LogP contribution in [-0.2, 0) is 19.0 Å². The van der Waals surface area contributed by atoms with Gasteiger partial charge in [0.05, 0.1) is 48.8 Å². The number of aliphatic hydroxyl groups is 4. The maximum atomic E-state index is 11.7. The highest BCUT2D eigenvalue weighted by Gasteiger charge is 2.40. The van der Waals surface area contributed by atoms with Gasteiger partial charge < -0.3 is 34.6 Å². The number of carbonyl (C=O) groups is 1. The fraction of sp³-hybridized carbons (Fsp3) is 0.919. The van der Waals surface area contributed by atoms with Gasteiger partial charge in [0.25, 0.3) is 0 Å². The van der Waals surface area contributed by atoms with E-state index >= 15 is 0 Å². The third-order valence-corrected chi connectivity index (χ3v) is 10.1. The van der Waals surface area contributed by atoms with Gasteiger partial charge in [0.1, 0.15) is 6.10 Å². The van der Waals surface area contributed by atoms with Gasteiger partial charge >= 0.3 is 5.97 Å². The van der Waals surface area contributed by atoms with Crippen molar-refractivity contribution < 1.29 is 39.4 Å². The van der Waals surface area contributed by atoms with Crippen LogP contribution in [0.25, 0.3) is 0 Å². The van der Waals surface area contributed by atoms with E-state index in [0.29, 0.717) is 24.8 Å². The van der Waals surface area contributed by atoms with E-state index in [4.69, 9.17) is 14.2 Å². The van der Waals surface area contributed by atoms with Gasteiger partial charge in [0.2, 0.25) is 0 Å². The second kappa shape index (κ2) is 21.8. The quantitative estimate of drug-likeness (QED) is 0.0634. The summed E-state index contributed by atoms with van der Waals surface area (Å²) in [5.41, 5.74) is 0.700. The minimum absolute atomic E-state index is 0.00987. The first-order valence-corrected chi connectivity index (χ1v) is 18.7. The van der Waals surface area contributed by atoms with E-state index in [9.17, 15) is 25.2 Å². The van der Waals surface area contributed by atoms with Gasteiger partial charge in [0.15, 0.2) is 0 Å². The highest BCUT2D eigenvalue weighted by molar-refractivity contribution is 5.90. The molecule has 3 heterocycles. The number of hydrogen-bond acceptors (Lipinski definition) is 8. The molecule has 3 aliphatic heterocycles. The number of esters is 1. The predicted octanol–water partition coefficient (Wildman–Crippen LogP) is 6.83. The van der Waals surface area contributed by atoms with E-state index < -0.39 is 12.2 Å². The van der Waals surface area contributed by atoms with Crippen molar-refractivity contribution in [1.29, 1.82) is 0 Å². The van der Waals surface area contributed by atoms with Crippen molar-refractivity contribution in [3.63, 3.8) is 0 Å². The highest BCUT2D eigenvalue weighted by Crippen LogP contribution is 2.34. The lowest BCUT2D eigenvalue weighted by Crippen LogP contribution is -2.33. The molecule has 9 atom stereocenters. The molecular formula is C37H66O8. The summed E-state index contributed by atoms with van der Waals surface area (Å²) in [5, 5.41) is 41.8. The average molecular weight is 639 g/mol. The van der Waals surface area contributed by atoms with Crippen molar-refractivity contribution in [2.45, 2.75) is 216 Å². The molecule has 0 saturated carbocycles. The minimum Gasteiger partial charge on any atom is -0.455 e. The molecule has 262 valence electrons. The molecule has 8 heteroatoms. The molecule has 0 spiro atoms. The van der Waals surface area contributed by atoms with Gasteiger partial charge in [-0.25, -0.2) is 4.79 Å². The predicted molar refractivity (Wildman–Crippen MR) is 177 cm³/mol. The number of unbranched alkanes of at least 4 members (excludes halogenated alkanes) is 9. The van der Waals surface area contributed by atoms with Crippen LogP contribution < -0.4 is 0 Å². The Hall–Kier alpha value is -1.03. The molecule has 3 unspecified atom stereocenters. The fourth-order valence-corrected chi connectivity index (χ4v) is 7.27. The van der Waals surface area contributed by atoms with E-state index in [1.165, 1.54) is 19.3 Å². The number of rotatable bonds is 25. The molecule has 4 N–H and O–H groups in total. The van der Waals surface area contributed by atoms with Crippen LogP contribution in [0.3, 0.4) is 0 Å². The van der Waals surface area contributed by atoms with Crippen LogP contribution in [0.2, 0.25) is 0 Å². The van der Waals surface area contributed by atoms with E-state index in [1.807, 2.05) is 13.0 Å². The second-order valence-corrected chi connectivity index (χ2v) is 14.2. The topological polar surface area (TPSA) is 126 Å². The fourth-order valence-electron chi connectivity index (χ4n) is 7.27. The van der Waals surface area contributed by atoms with Crippen molar-refractivity contribution in [2.24, 2.45) is 0 Å². The van der Waals surface area contributed by atoms with Gasteiger partial charge in [-0.3, -0.25) is 0 Å². The normalized spacial score (nSPS) is 27.8. The van der Waals surface area contributed by atoms with Gasteiger partial charge in [-0.2, -0.15) is 0 Å². The molecule has 45 heavy (non-hydrogen) atoms. The maximum Gasteiger partial charge on any atom is 0.334 e. The van der Waals surface area contributed by atoms with Crippen LogP contribution in [0.15, 0.2) is 11.6 Å². The zero-order chi connectivity index (χ0) is 32.4. The van der Waals surface area contributed by atoms with Crippen molar-refractivity contribution >= 4 is 5.97 Å². The van der Waals surface area contributed by atoms with E-state index in [0.717, 1.165) is 109 Å². The van der Waals surface area contributed by atoms with Crippen LogP contribution >= 0.6 is 0 Å². The molecular weight excluding hydrogens is 572 g/mol. The van der Waals surface area contributed by atoms with Crippen molar-refractivity contribution in [2.75, 3.05) is 0 Å². The van der Waals surface area contributed by atoms with Gasteiger partial charge in [-0.05, 0) is 83.6 Å². The molecule has 0 aromatic carbocycles. The standard InChI is InChI=1S/C37H66O8/c1-3-4-10-15-29(38)17-13-14-19-32(41)34-23-25-36(45-34)35-24-22-33(44-35)31(40)18-12-9-7-5-6-8-11-16-30(39)21-20-28-26-27(2)43-37(28)42/h26-27,29-36,38-41H,3-25H2,1-2H3/t27?,29?,30?,31-,32+,33-,34-,35-,36-/m0/s1. The monoisotopic (exact) mass is 638 g/mol. The molecule has 0 bridgehead atoms. The van der Waals surface area contributed by atoms with Crippen molar-refractivity contribution in [3.05, 3.63) is 11.6 Å². The third-order valence-electron chi connectivity index (χ3n) is 10.1. The molecule has 2 fully saturated rings. The molecule has 0 aromatic heterocycles. The van der Waals surface area contributed by atoms with E-state index in [1.54, 1.807) is 0 Å². The first kappa shape index (κ1) is 38.4. The Morgan fingerprint density at radius 3 is 1.60 bits per heavy atom. The smallest absolute Gasteiger partial charge is 0.334 e. The SMILES string of the molecule is CCCCCC(O)CCCC[C@@H](O)[C@@H]1CC[C@@H]([C@@H]2CC[C@@H]([C@@H](O)CCCCCCCCCC(O)CCC3=CC(C)OC3=O)O2)O1. The average Bonchev–Trinajstić information content (AvgIpc) is 3.77. The van der Waals surface area contributed by atoms with E-state index in [-0.39, 0.29) is 48.7 Å². The Morgan fingerprint density at radius 1 is 0.644 bits per heavy atom. The van der Waals surface area contributed by atoms with Crippen LogP contribution in [0.5, 0.6) is 0 Å². The first-order valence-electron chi connectivity index (χ1n) is 18.7. The summed E-state index contributed by atoms with van der Waals surface area (Å²) >= 11 is 0. The lowest BCUT2D eigenvalue weighted by Gasteiger charge is -2.24. The van der Waals surface area contributed by atoms with Crippen LogP contribution in [0.1, 0.15) is 162 Å². The molecule has 3 aliphatic rings. The number of cyclic esters (lactones) is 1. The summed E-state index contributed by atoms with van der Waals surface area (Å²) in [7, 11) is 0. The van der Waals surface area contributed by atoms with Gasteiger partial charge in [-0.15, -0.1) is 0 Å². The van der Waals surface area contributed by atoms with Crippen LogP contribution in [-0.4, -0.2) is 81.3 Å². The number of carbonyl (C=O) groups excluding carboxylic acids is 1. The Labute approximate surface area is 273 Å². The number of aliphatic hydroxyl groups excluding tert-OH is 4. The Kier molecular flexibility index (Phi) is 18.6. The number of hydrogen-bond donors (Lipinski definition) is 4. The lowest BCUT2D eigenvalue weighted by atomic mass is 9.99. The summed E-state index contributed by atoms with van der Waals surface area (Å²) in [6, 6.07) is 0. The van der Waals surface area contributed by atoms with E-state index in [2.05, 4.69) is 6.92 Å². The molecule has 0 amide bonds. The van der Waals surface area contributed by atoms with Crippen molar-refractivity contribution in [3.8, 4) is 0 Å². The molecule has 0 aromatic rings. The third kappa shape index (κ3) is 14.7. The highest BCUT2D eigenvalue weighted by atomic mass is 16.6. The Morgan fingerprint density at radius 2 is 1.09 bits per heavy atom. The van der Waals surface area contributed by atoms with Crippen LogP contribution in [0.4, 0.5) is 0 Å². The summed E-state index contributed by atoms with van der Waals surface area (Å²) in [6.07, 6.45) is 21.8. The van der Waals surface area contributed by atoms with Crippen molar-refractivity contribution in [1.82, 2.24) is 0 Å². The molecule has 2 saturated heterocycles. The minimum atomic E-state index is -0.459. The summed E-state index contributed by atoms with van der Waals surface area (Å²) < 4.78 is 17.6. The van der Waals surface area contributed by atoms with Gasteiger partial charge in [0, 0.05) is 5.57 Å². The Bertz CT molecular complexity index is 833. The Balaban J connectivity index is 1.14.